The van der Waals surface area contributed by atoms with Crippen molar-refractivity contribution in [2.45, 2.75) is 46.0 Å². The van der Waals surface area contributed by atoms with Crippen LogP contribution in [0.15, 0.2) is 77.1 Å². The monoisotopic (exact) mass is 449 g/mol. The summed E-state index contributed by atoms with van der Waals surface area (Å²) in [7, 11) is 0. The molecule has 0 spiro atoms. The number of rotatable bonds is 5. The minimum absolute atomic E-state index is 0.0516. The lowest BCUT2D eigenvalue weighted by molar-refractivity contribution is -0.139. The average Bonchev–Trinajstić information content (AvgIpc) is 2.73. The number of ketones is 1. The molecule has 5 heteroatoms. The van der Waals surface area contributed by atoms with E-state index in [-0.39, 0.29) is 17.8 Å². The SMILES string of the molecule is CC1=C(C(=O)OCCc2ccccc2)[C@H](c2ccccc2Cl)C2=C(CC(C)(C)CC2=O)N1. The maximum absolute atomic E-state index is 13.3. The Hall–Kier alpha value is -2.85. The van der Waals surface area contributed by atoms with E-state index in [9.17, 15) is 9.59 Å². The molecule has 32 heavy (non-hydrogen) atoms. The van der Waals surface area contributed by atoms with E-state index in [1.54, 1.807) is 6.07 Å². The van der Waals surface area contributed by atoms with Gasteiger partial charge in [-0.25, -0.2) is 4.79 Å². The Bertz CT molecular complexity index is 1110. The van der Waals surface area contributed by atoms with Gasteiger partial charge in [0, 0.05) is 40.7 Å². The average molecular weight is 450 g/mol. The van der Waals surface area contributed by atoms with Crippen LogP contribution in [0.25, 0.3) is 0 Å². The summed E-state index contributed by atoms with van der Waals surface area (Å²) in [6.07, 6.45) is 1.80. The summed E-state index contributed by atoms with van der Waals surface area (Å²) in [6, 6.07) is 17.3. The molecule has 1 aliphatic heterocycles. The molecule has 0 saturated carbocycles. The first-order valence-corrected chi connectivity index (χ1v) is 11.3. The van der Waals surface area contributed by atoms with Crippen molar-refractivity contribution in [2.75, 3.05) is 6.61 Å². The van der Waals surface area contributed by atoms with Crippen molar-refractivity contribution in [2.24, 2.45) is 5.41 Å². The highest BCUT2D eigenvalue weighted by Gasteiger charge is 2.43. The van der Waals surface area contributed by atoms with Gasteiger partial charge < -0.3 is 10.1 Å². The summed E-state index contributed by atoms with van der Waals surface area (Å²) in [5.41, 5.74) is 4.41. The molecule has 2 aliphatic rings. The number of ether oxygens (including phenoxy) is 1. The first-order valence-electron chi connectivity index (χ1n) is 11.0. The molecule has 0 amide bonds. The van der Waals surface area contributed by atoms with Gasteiger partial charge in [-0.2, -0.15) is 0 Å². The third-order valence-electron chi connectivity index (χ3n) is 6.14. The quantitative estimate of drug-likeness (QED) is 0.592. The first-order chi connectivity index (χ1) is 15.3. The number of benzene rings is 2. The topological polar surface area (TPSA) is 55.4 Å². The number of nitrogens with one attached hydrogen (secondary N) is 1. The number of halogens is 1. The van der Waals surface area contributed by atoms with Crippen LogP contribution in [0, 0.1) is 5.41 Å². The number of hydrogen-bond acceptors (Lipinski definition) is 4. The van der Waals surface area contributed by atoms with Crippen LogP contribution in [-0.2, 0) is 20.7 Å². The molecule has 0 saturated heterocycles. The second-order valence-electron chi connectivity index (χ2n) is 9.32. The van der Waals surface area contributed by atoms with E-state index in [0.29, 0.717) is 34.7 Å². The molecule has 1 aliphatic carbocycles. The Morgan fingerprint density at radius 2 is 1.78 bits per heavy atom. The Morgan fingerprint density at radius 3 is 2.50 bits per heavy atom. The summed E-state index contributed by atoms with van der Waals surface area (Å²) in [5, 5.41) is 3.89. The van der Waals surface area contributed by atoms with Gasteiger partial charge >= 0.3 is 5.97 Å². The molecular formula is C27H28ClNO3. The standard InChI is InChI=1S/C27H28ClNO3/c1-17-23(26(31)32-14-13-18-9-5-4-6-10-18)24(19-11-7-8-12-20(19)28)25-21(29-17)15-27(2,3)16-22(25)30/h4-12,24,29H,13-16H2,1-3H3/t24-/m0/s1. The summed E-state index contributed by atoms with van der Waals surface area (Å²) in [6.45, 7) is 6.32. The predicted octanol–water partition coefficient (Wildman–Crippen LogP) is 5.73. The van der Waals surface area contributed by atoms with Gasteiger partial charge in [0.15, 0.2) is 5.78 Å². The second kappa shape index (κ2) is 8.95. The van der Waals surface area contributed by atoms with Crippen molar-refractivity contribution < 1.29 is 14.3 Å². The zero-order valence-corrected chi connectivity index (χ0v) is 19.5. The van der Waals surface area contributed by atoms with Gasteiger partial charge in [-0.1, -0.05) is 74.0 Å². The Balaban J connectivity index is 1.68. The molecule has 2 aromatic rings. The van der Waals surface area contributed by atoms with Crippen LogP contribution in [0.3, 0.4) is 0 Å². The molecule has 2 aromatic carbocycles. The van der Waals surface area contributed by atoms with Crippen LogP contribution < -0.4 is 5.32 Å². The normalized spacial score (nSPS) is 20.0. The van der Waals surface area contributed by atoms with E-state index in [1.807, 2.05) is 55.5 Å². The molecule has 4 nitrogen and oxygen atoms in total. The summed E-state index contributed by atoms with van der Waals surface area (Å²) in [4.78, 5) is 26.6. The molecule has 0 aromatic heterocycles. The third kappa shape index (κ3) is 4.51. The fourth-order valence-corrected chi connectivity index (χ4v) is 4.96. The van der Waals surface area contributed by atoms with Gasteiger partial charge in [0.05, 0.1) is 12.2 Å². The van der Waals surface area contributed by atoms with Crippen molar-refractivity contribution in [1.82, 2.24) is 5.32 Å². The molecule has 0 unspecified atom stereocenters. The van der Waals surface area contributed by atoms with E-state index < -0.39 is 11.9 Å². The summed E-state index contributed by atoms with van der Waals surface area (Å²) in [5.74, 6) is -0.899. The molecule has 0 radical (unpaired) electrons. The fourth-order valence-electron chi connectivity index (χ4n) is 4.71. The van der Waals surface area contributed by atoms with Gasteiger partial charge in [0.2, 0.25) is 0 Å². The van der Waals surface area contributed by atoms with Crippen molar-refractivity contribution in [1.29, 1.82) is 0 Å². The van der Waals surface area contributed by atoms with Crippen molar-refractivity contribution in [3.63, 3.8) is 0 Å². The minimum Gasteiger partial charge on any atom is -0.462 e. The molecule has 1 heterocycles. The lowest BCUT2D eigenvalue weighted by atomic mass is 9.68. The van der Waals surface area contributed by atoms with Crippen LogP contribution in [0.1, 0.15) is 50.7 Å². The molecular weight excluding hydrogens is 422 g/mol. The molecule has 0 fully saturated rings. The maximum Gasteiger partial charge on any atom is 0.336 e. The van der Waals surface area contributed by atoms with Crippen LogP contribution in [0.4, 0.5) is 0 Å². The van der Waals surface area contributed by atoms with Gasteiger partial charge in [0.25, 0.3) is 0 Å². The van der Waals surface area contributed by atoms with E-state index in [2.05, 4.69) is 19.2 Å². The van der Waals surface area contributed by atoms with Crippen molar-refractivity contribution >= 4 is 23.4 Å². The summed E-state index contributed by atoms with van der Waals surface area (Å²) < 4.78 is 5.69. The number of esters is 1. The van der Waals surface area contributed by atoms with Gasteiger partial charge in [-0.3, -0.25) is 4.79 Å². The number of carbonyl (C=O) groups is 2. The molecule has 4 rings (SSSR count). The van der Waals surface area contributed by atoms with Gasteiger partial charge in [-0.15, -0.1) is 0 Å². The number of Topliss-reactive ketones (excluding diaryl/α,β-unsaturated/α-hetero) is 1. The molecule has 0 bridgehead atoms. The van der Waals surface area contributed by atoms with E-state index in [4.69, 9.17) is 16.3 Å². The zero-order chi connectivity index (χ0) is 22.9. The number of hydrogen-bond donors (Lipinski definition) is 1. The molecule has 1 atom stereocenters. The zero-order valence-electron chi connectivity index (χ0n) is 18.7. The van der Waals surface area contributed by atoms with Crippen LogP contribution in [-0.4, -0.2) is 18.4 Å². The number of allylic oxidation sites excluding steroid dienone is 3. The smallest absolute Gasteiger partial charge is 0.336 e. The van der Waals surface area contributed by atoms with Crippen LogP contribution >= 0.6 is 11.6 Å². The number of carbonyl (C=O) groups excluding carboxylic acids is 2. The highest BCUT2D eigenvalue weighted by Crippen LogP contribution is 2.48. The predicted molar refractivity (Wildman–Crippen MR) is 126 cm³/mol. The Morgan fingerprint density at radius 1 is 1.09 bits per heavy atom. The van der Waals surface area contributed by atoms with E-state index >= 15 is 0 Å². The largest absolute Gasteiger partial charge is 0.462 e. The highest BCUT2D eigenvalue weighted by atomic mass is 35.5. The van der Waals surface area contributed by atoms with Gasteiger partial charge in [0.1, 0.15) is 0 Å². The van der Waals surface area contributed by atoms with Crippen LogP contribution in [0.2, 0.25) is 5.02 Å². The Kier molecular flexibility index (Phi) is 6.25. The fraction of sp³-hybridized carbons (Fsp3) is 0.333. The highest BCUT2D eigenvalue weighted by molar-refractivity contribution is 6.31. The summed E-state index contributed by atoms with van der Waals surface area (Å²) >= 11 is 6.57. The second-order valence-corrected chi connectivity index (χ2v) is 9.73. The van der Waals surface area contributed by atoms with E-state index in [1.165, 1.54) is 0 Å². The van der Waals surface area contributed by atoms with Gasteiger partial charge in [-0.05, 0) is 36.0 Å². The third-order valence-corrected chi connectivity index (χ3v) is 6.49. The first kappa shape index (κ1) is 22.3. The van der Waals surface area contributed by atoms with E-state index in [0.717, 1.165) is 23.2 Å². The van der Waals surface area contributed by atoms with Crippen molar-refractivity contribution in [3.8, 4) is 0 Å². The van der Waals surface area contributed by atoms with Crippen LogP contribution in [0.5, 0.6) is 0 Å². The lowest BCUT2D eigenvalue weighted by Crippen LogP contribution is -2.38. The molecule has 166 valence electrons. The number of dihydropyridines is 1. The van der Waals surface area contributed by atoms with Crippen molar-refractivity contribution in [3.05, 3.63) is 93.3 Å². The minimum atomic E-state index is -0.534. The Labute approximate surface area is 194 Å². The maximum atomic E-state index is 13.3. The lowest BCUT2D eigenvalue weighted by Gasteiger charge is -2.39. The molecule has 1 N–H and O–H groups in total.